The van der Waals surface area contributed by atoms with Crippen molar-refractivity contribution >= 4 is 0 Å². The number of hydrogen-bond acceptors (Lipinski definition) is 1. The number of aliphatic hydroxyl groups is 1. The van der Waals surface area contributed by atoms with Crippen LogP contribution in [0.3, 0.4) is 0 Å². The molecule has 1 unspecified atom stereocenters. The van der Waals surface area contributed by atoms with Crippen molar-refractivity contribution in [3.63, 3.8) is 0 Å². The van der Waals surface area contributed by atoms with Crippen LogP contribution >= 0.6 is 0 Å². The number of halogens is 2. The molecule has 0 spiro atoms. The lowest BCUT2D eigenvalue weighted by Gasteiger charge is -2.14. The summed E-state index contributed by atoms with van der Waals surface area (Å²) in [5, 5.41) is 10.3. The molecule has 1 nitrogen and oxygen atoms in total. The fourth-order valence-corrected chi connectivity index (χ4v) is 2.26. The lowest BCUT2D eigenvalue weighted by atomic mass is 9.96. The number of aliphatic hydroxyl groups excluding tert-OH is 1. The molecular formula is C17H18F2O. The first-order valence-corrected chi connectivity index (χ1v) is 6.69. The molecule has 0 aromatic heterocycles. The van der Waals surface area contributed by atoms with Crippen molar-refractivity contribution in [2.24, 2.45) is 5.92 Å². The fraction of sp³-hybridized carbons (Fsp3) is 0.294. The third kappa shape index (κ3) is 3.42. The Labute approximate surface area is 117 Å². The molecule has 0 fully saturated rings. The summed E-state index contributed by atoms with van der Waals surface area (Å²) >= 11 is 0. The van der Waals surface area contributed by atoms with Crippen LogP contribution < -0.4 is 0 Å². The first-order chi connectivity index (χ1) is 9.47. The molecule has 0 aliphatic rings. The molecule has 0 amide bonds. The topological polar surface area (TPSA) is 20.2 Å². The van der Waals surface area contributed by atoms with Crippen molar-refractivity contribution < 1.29 is 13.9 Å². The van der Waals surface area contributed by atoms with Gasteiger partial charge in [-0.05, 0) is 29.5 Å². The van der Waals surface area contributed by atoms with E-state index in [1.807, 2.05) is 18.2 Å². The normalized spacial score (nSPS) is 12.7. The average Bonchev–Trinajstić information content (AvgIpc) is 2.37. The molecule has 20 heavy (non-hydrogen) atoms. The summed E-state index contributed by atoms with van der Waals surface area (Å²) in [5.41, 5.74) is 1.81. The molecule has 0 aliphatic heterocycles. The maximum atomic E-state index is 13.7. The minimum Gasteiger partial charge on any atom is -0.384 e. The minimum atomic E-state index is -1.08. The molecule has 0 saturated carbocycles. The number of hydrogen-bond donors (Lipinski definition) is 1. The highest BCUT2D eigenvalue weighted by Crippen LogP contribution is 2.26. The monoisotopic (exact) mass is 276 g/mol. The van der Waals surface area contributed by atoms with Crippen molar-refractivity contribution in [1.29, 1.82) is 0 Å². The van der Waals surface area contributed by atoms with E-state index in [-0.39, 0.29) is 5.56 Å². The minimum absolute atomic E-state index is 0.0908. The van der Waals surface area contributed by atoms with Gasteiger partial charge in [0.05, 0.1) is 0 Å². The van der Waals surface area contributed by atoms with Crippen LogP contribution in [0.1, 0.15) is 36.6 Å². The van der Waals surface area contributed by atoms with Gasteiger partial charge in [-0.3, -0.25) is 0 Å². The van der Waals surface area contributed by atoms with Crippen molar-refractivity contribution in [2.75, 3.05) is 0 Å². The lowest BCUT2D eigenvalue weighted by molar-refractivity contribution is 0.214. The summed E-state index contributed by atoms with van der Waals surface area (Å²) < 4.78 is 26.6. The quantitative estimate of drug-likeness (QED) is 0.885. The highest BCUT2D eigenvalue weighted by Gasteiger charge is 2.16. The molecular weight excluding hydrogens is 258 g/mol. The SMILES string of the molecule is CC(C)Cc1cccc(C(O)c2ccc(F)cc2F)c1. The molecule has 2 aromatic carbocycles. The Balaban J connectivity index is 2.30. The Hall–Kier alpha value is -1.74. The highest BCUT2D eigenvalue weighted by atomic mass is 19.1. The zero-order chi connectivity index (χ0) is 14.7. The van der Waals surface area contributed by atoms with E-state index in [1.165, 1.54) is 6.07 Å². The van der Waals surface area contributed by atoms with Gasteiger partial charge < -0.3 is 5.11 Å². The molecule has 0 aliphatic carbocycles. The summed E-state index contributed by atoms with van der Waals surface area (Å²) in [4.78, 5) is 0. The zero-order valence-corrected chi connectivity index (χ0v) is 11.6. The number of benzene rings is 2. The van der Waals surface area contributed by atoms with E-state index in [9.17, 15) is 13.9 Å². The lowest BCUT2D eigenvalue weighted by Crippen LogP contribution is -2.04. The van der Waals surface area contributed by atoms with Crippen molar-refractivity contribution in [3.8, 4) is 0 Å². The van der Waals surface area contributed by atoms with Crippen LogP contribution in [-0.2, 0) is 6.42 Å². The second-order valence-electron chi connectivity index (χ2n) is 5.41. The van der Waals surface area contributed by atoms with E-state index in [2.05, 4.69) is 13.8 Å². The molecule has 1 atom stereocenters. The third-order valence-corrected chi connectivity index (χ3v) is 3.17. The Bertz CT molecular complexity index is 593. The van der Waals surface area contributed by atoms with Gasteiger partial charge in [-0.1, -0.05) is 44.2 Å². The second kappa shape index (κ2) is 6.14. The predicted molar refractivity (Wildman–Crippen MR) is 75.4 cm³/mol. The fourth-order valence-electron chi connectivity index (χ4n) is 2.26. The molecule has 106 valence electrons. The maximum absolute atomic E-state index is 13.7. The largest absolute Gasteiger partial charge is 0.384 e. The van der Waals surface area contributed by atoms with Gasteiger partial charge in [-0.15, -0.1) is 0 Å². The first kappa shape index (κ1) is 14.7. The van der Waals surface area contributed by atoms with Crippen LogP contribution in [0.2, 0.25) is 0 Å². The Morgan fingerprint density at radius 1 is 1.05 bits per heavy atom. The van der Waals surface area contributed by atoms with Gasteiger partial charge in [-0.2, -0.15) is 0 Å². The highest BCUT2D eigenvalue weighted by molar-refractivity contribution is 5.33. The Morgan fingerprint density at radius 3 is 2.45 bits per heavy atom. The van der Waals surface area contributed by atoms with Crippen molar-refractivity contribution in [1.82, 2.24) is 0 Å². The Kier molecular flexibility index (Phi) is 4.50. The van der Waals surface area contributed by atoms with Crippen LogP contribution in [-0.4, -0.2) is 5.11 Å². The molecule has 2 rings (SSSR count). The van der Waals surface area contributed by atoms with Gasteiger partial charge in [0.25, 0.3) is 0 Å². The van der Waals surface area contributed by atoms with Gasteiger partial charge in [0.2, 0.25) is 0 Å². The van der Waals surface area contributed by atoms with E-state index in [0.717, 1.165) is 24.1 Å². The maximum Gasteiger partial charge on any atom is 0.132 e. The van der Waals surface area contributed by atoms with E-state index in [0.29, 0.717) is 11.5 Å². The summed E-state index contributed by atoms with van der Waals surface area (Å²) in [6.07, 6.45) is -0.186. The molecule has 1 N–H and O–H groups in total. The van der Waals surface area contributed by atoms with Crippen LogP contribution in [0, 0.1) is 17.6 Å². The van der Waals surface area contributed by atoms with Crippen LogP contribution in [0.15, 0.2) is 42.5 Å². The second-order valence-corrected chi connectivity index (χ2v) is 5.41. The van der Waals surface area contributed by atoms with Gasteiger partial charge >= 0.3 is 0 Å². The molecule has 0 heterocycles. The summed E-state index contributed by atoms with van der Waals surface area (Å²) in [6.45, 7) is 4.23. The van der Waals surface area contributed by atoms with Crippen LogP contribution in [0.25, 0.3) is 0 Å². The Morgan fingerprint density at radius 2 is 1.80 bits per heavy atom. The van der Waals surface area contributed by atoms with Gasteiger partial charge in [0, 0.05) is 11.6 Å². The number of rotatable bonds is 4. The molecule has 0 saturated heterocycles. The van der Waals surface area contributed by atoms with Gasteiger partial charge in [0.1, 0.15) is 17.7 Å². The van der Waals surface area contributed by atoms with E-state index in [1.54, 1.807) is 6.07 Å². The van der Waals surface area contributed by atoms with E-state index >= 15 is 0 Å². The van der Waals surface area contributed by atoms with Crippen LogP contribution in [0.5, 0.6) is 0 Å². The molecule has 3 heteroatoms. The zero-order valence-electron chi connectivity index (χ0n) is 11.6. The van der Waals surface area contributed by atoms with Crippen molar-refractivity contribution in [2.45, 2.75) is 26.4 Å². The smallest absolute Gasteiger partial charge is 0.132 e. The standard InChI is InChI=1S/C17H18F2O/c1-11(2)8-12-4-3-5-13(9-12)17(20)15-7-6-14(18)10-16(15)19/h3-7,9-11,17,20H,8H2,1-2H3. The molecule has 0 radical (unpaired) electrons. The van der Waals surface area contributed by atoms with Gasteiger partial charge in [0.15, 0.2) is 0 Å². The summed E-state index contributed by atoms with van der Waals surface area (Å²) in [5.74, 6) is -0.872. The van der Waals surface area contributed by atoms with Crippen LogP contribution in [0.4, 0.5) is 8.78 Å². The van der Waals surface area contributed by atoms with Crippen molar-refractivity contribution in [3.05, 3.63) is 70.8 Å². The van der Waals surface area contributed by atoms with E-state index < -0.39 is 17.7 Å². The van der Waals surface area contributed by atoms with Gasteiger partial charge in [-0.25, -0.2) is 8.78 Å². The summed E-state index contributed by atoms with van der Waals surface area (Å²) in [7, 11) is 0. The predicted octanol–water partition coefficient (Wildman–Crippen LogP) is 4.25. The summed E-state index contributed by atoms with van der Waals surface area (Å²) in [6, 6.07) is 10.7. The average molecular weight is 276 g/mol. The molecule has 0 bridgehead atoms. The third-order valence-electron chi connectivity index (χ3n) is 3.17. The first-order valence-electron chi connectivity index (χ1n) is 6.69. The molecule has 2 aromatic rings. The van der Waals surface area contributed by atoms with E-state index in [4.69, 9.17) is 0 Å².